The van der Waals surface area contributed by atoms with Crippen LogP contribution in [0.25, 0.3) is 10.9 Å². The number of hydrazine groups is 1. The maximum atomic E-state index is 5.79. The highest BCUT2D eigenvalue weighted by Crippen LogP contribution is 2.25. The van der Waals surface area contributed by atoms with Gasteiger partial charge in [-0.25, -0.2) is 5.43 Å². The average molecular weight is 278 g/mol. The molecule has 1 unspecified atom stereocenters. The lowest BCUT2D eigenvalue weighted by atomic mass is 9.97. The summed E-state index contributed by atoms with van der Waals surface area (Å²) in [5.41, 5.74) is 7.08. The third kappa shape index (κ3) is 2.63. The molecule has 0 radical (unpaired) electrons. The molecule has 0 saturated heterocycles. The second kappa shape index (κ2) is 5.99. The maximum Gasteiger partial charge on any atom is 0.0884 e. The molecule has 4 heteroatoms. The molecular weight excluding hydrogens is 260 g/mol. The van der Waals surface area contributed by atoms with Crippen molar-refractivity contribution < 1.29 is 0 Å². The van der Waals surface area contributed by atoms with Crippen LogP contribution in [0.4, 0.5) is 0 Å². The Morgan fingerprint density at radius 2 is 1.90 bits per heavy atom. The molecule has 4 nitrogen and oxygen atoms in total. The van der Waals surface area contributed by atoms with Crippen LogP contribution in [0.5, 0.6) is 0 Å². The van der Waals surface area contributed by atoms with Crippen LogP contribution in [0.15, 0.2) is 54.9 Å². The van der Waals surface area contributed by atoms with E-state index < -0.39 is 0 Å². The lowest BCUT2D eigenvalue weighted by Gasteiger charge is -2.19. The lowest BCUT2D eigenvalue weighted by Crippen LogP contribution is -2.30. The van der Waals surface area contributed by atoms with Crippen molar-refractivity contribution in [2.24, 2.45) is 5.84 Å². The van der Waals surface area contributed by atoms with Crippen molar-refractivity contribution in [3.63, 3.8) is 0 Å². The van der Waals surface area contributed by atoms with Gasteiger partial charge in [0.15, 0.2) is 0 Å². The zero-order chi connectivity index (χ0) is 14.7. The molecule has 3 N–H and O–H groups in total. The fourth-order valence-electron chi connectivity index (χ4n) is 2.61. The van der Waals surface area contributed by atoms with Gasteiger partial charge in [0.2, 0.25) is 0 Å². The molecule has 1 aromatic carbocycles. The zero-order valence-electron chi connectivity index (χ0n) is 12.0. The standard InChI is InChI=1S/C17H18N4/c1-2-12-5-3-10-20-16(12)17(21-18)14-8-7-13-6-4-9-19-15(13)11-14/h3-11,17,21H,2,18H2,1H3. The Hall–Kier alpha value is -2.30. The predicted octanol–water partition coefficient (Wildman–Crippen LogP) is 2.74. The minimum Gasteiger partial charge on any atom is -0.271 e. The first-order valence-electron chi connectivity index (χ1n) is 7.08. The molecule has 0 spiro atoms. The summed E-state index contributed by atoms with van der Waals surface area (Å²) in [6.45, 7) is 2.12. The molecule has 2 aromatic heterocycles. The number of hydrogen-bond acceptors (Lipinski definition) is 4. The van der Waals surface area contributed by atoms with Crippen LogP contribution in [0.2, 0.25) is 0 Å². The molecule has 0 aliphatic carbocycles. The Bertz CT molecular complexity index is 754. The number of benzene rings is 1. The SMILES string of the molecule is CCc1cccnc1C(NN)c1ccc2cccnc2c1. The fourth-order valence-corrected chi connectivity index (χ4v) is 2.61. The Balaban J connectivity index is 2.09. The molecule has 2 heterocycles. The summed E-state index contributed by atoms with van der Waals surface area (Å²) in [6.07, 6.45) is 4.53. The third-order valence-electron chi connectivity index (χ3n) is 3.71. The molecule has 1 atom stereocenters. The van der Waals surface area contributed by atoms with E-state index in [2.05, 4.69) is 52.6 Å². The Morgan fingerprint density at radius 1 is 1.10 bits per heavy atom. The van der Waals surface area contributed by atoms with E-state index in [1.165, 1.54) is 5.56 Å². The van der Waals surface area contributed by atoms with Gasteiger partial charge in [0, 0.05) is 17.8 Å². The fraction of sp³-hybridized carbons (Fsp3) is 0.176. The van der Waals surface area contributed by atoms with Gasteiger partial charge in [-0.15, -0.1) is 0 Å². The number of nitrogens with two attached hydrogens (primary N) is 1. The van der Waals surface area contributed by atoms with Crippen LogP contribution in [-0.2, 0) is 6.42 Å². The van der Waals surface area contributed by atoms with Gasteiger partial charge in [0.25, 0.3) is 0 Å². The number of fused-ring (bicyclic) bond motifs is 1. The third-order valence-corrected chi connectivity index (χ3v) is 3.71. The topological polar surface area (TPSA) is 63.8 Å². The Morgan fingerprint density at radius 3 is 2.71 bits per heavy atom. The molecule has 3 aromatic rings. The summed E-state index contributed by atoms with van der Waals surface area (Å²) in [7, 11) is 0. The lowest BCUT2D eigenvalue weighted by molar-refractivity contribution is 0.615. The summed E-state index contributed by atoms with van der Waals surface area (Å²) >= 11 is 0. The summed E-state index contributed by atoms with van der Waals surface area (Å²) in [6, 6.07) is 14.1. The quantitative estimate of drug-likeness (QED) is 0.569. The molecule has 0 aliphatic heterocycles. The number of aryl methyl sites for hydroxylation is 1. The minimum absolute atomic E-state index is 0.132. The van der Waals surface area contributed by atoms with Gasteiger partial charge in [-0.05, 0) is 35.7 Å². The van der Waals surface area contributed by atoms with Gasteiger partial charge in [-0.1, -0.05) is 31.2 Å². The molecule has 0 bridgehead atoms. The van der Waals surface area contributed by atoms with Crippen molar-refractivity contribution in [2.45, 2.75) is 19.4 Å². The van der Waals surface area contributed by atoms with Crippen LogP contribution in [0.3, 0.4) is 0 Å². The van der Waals surface area contributed by atoms with Crippen molar-refractivity contribution >= 4 is 10.9 Å². The van der Waals surface area contributed by atoms with Crippen molar-refractivity contribution in [1.82, 2.24) is 15.4 Å². The highest BCUT2D eigenvalue weighted by atomic mass is 15.2. The van der Waals surface area contributed by atoms with E-state index in [1.807, 2.05) is 12.1 Å². The molecule has 3 rings (SSSR count). The van der Waals surface area contributed by atoms with E-state index in [0.29, 0.717) is 0 Å². The predicted molar refractivity (Wildman–Crippen MR) is 84.5 cm³/mol. The normalized spacial score (nSPS) is 12.5. The van der Waals surface area contributed by atoms with Crippen LogP contribution >= 0.6 is 0 Å². The summed E-state index contributed by atoms with van der Waals surface area (Å²) in [5.74, 6) is 5.79. The molecule has 0 fully saturated rings. The highest BCUT2D eigenvalue weighted by molar-refractivity contribution is 5.79. The molecule has 21 heavy (non-hydrogen) atoms. The Kier molecular flexibility index (Phi) is 3.90. The highest BCUT2D eigenvalue weighted by Gasteiger charge is 2.17. The molecule has 0 aliphatic rings. The van der Waals surface area contributed by atoms with Crippen LogP contribution < -0.4 is 11.3 Å². The summed E-state index contributed by atoms with van der Waals surface area (Å²) in [5, 5.41) is 1.12. The first-order chi connectivity index (χ1) is 10.3. The maximum absolute atomic E-state index is 5.79. The van der Waals surface area contributed by atoms with Gasteiger partial charge in [0.1, 0.15) is 0 Å². The van der Waals surface area contributed by atoms with Crippen molar-refractivity contribution in [3.05, 3.63) is 71.7 Å². The molecule has 0 saturated carbocycles. The first kappa shape index (κ1) is 13.7. The van der Waals surface area contributed by atoms with Crippen LogP contribution in [0, 0.1) is 0 Å². The number of pyridine rings is 2. The second-order valence-electron chi connectivity index (χ2n) is 4.96. The molecular formula is C17H18N4. The van der Waals surface area contributed by atoms with E-state index in [0.717, 1.165) is 28.6 Å². The summed E-state index contributed by atoms with van der Waals surface area (Å²) < 4.78 is 0. The van der Waals surface area contributed by atoms with Crippen LogP contribution in [-0.4, -0.2) is 9.97 Å². The largest absolute Gasteiger partial charge is 0.271 e. The van der Waals surface area contributed by atoms with E-state index in [9.17, 15) is 0 Å². The average Bonchev–Trinajstić information content (AvgIpc) is 2.56. The van der Waals surface area contributed by atoms with E-state index in [-0.39, 0.29) is 6.04 Å². The first-order valence-corrected chi connectivity index (χ1v) is 7.08. The smallest absolute Gasteiger partial charge is 0.0884 e. The number of rotatable bonds is 4. The number of nitrogens with one attached hydrogen (secondary N) is 1. The molecule has 106 valence electrons. The van der Waals surface area contributed by atoms with E-state index in [4.69, 9.17) is 5.84 Å². The van der Waals surface area contributed by atoms with Crippen molar-refractivity contribution in [3.8, 4) is 0 Å². The van der Waals surface area contributed by atoms with Gasteiger partial charge in [0.05, 0.1) is 17.3 Å². The van der Waals surface area contributed by atoms with E-state index in [1.54, 1.807) is 12.4 Å². The number of hydrogen-bond donors (Lipinski definition) is 2. The monoisotopic (exact) mass is 278 g/mol. The second-order valence-corrected chi connectivity index (χ2v) is 4.96. The Labute approximate surface area is 124 Å². The minimum atomic E-state index is -0.132. The van der Waals surface area contributed by atoms with Crippen molar-refractivity contribution in [2.75, 3.05) is 0 Å². The molecule has 0 amide bonds. The van der Waals surface area contributed by atoms with Gasteiger partial charge in [-0.2, -0.15) is 0 Å². The number of aromatic nitrogens is 2. The zero-order valence-corrected chi connectivity index (χ0v) is 12.0. The summed E-state index contributed by atoms with van der Waals surface area (Å²) in [4.78, 5) is 8.92. The van der Waals surface area contributed by atoms with Gasteiger partial charge in [-0.3, -0.25) is 15.8 Å². The van der Waals surface area contributed by atoms with Crippen LogP contribution in [0.1, 0.15) is 29.8 Å². The number of nitrogens with zero attached hydrogens (tertiary/aromatic N) is 2. The van der Waals surface area contributed by atoms with Crippen molar-refractivity contribution in [1.29, 1.82) is 0 Å². The van der Waals surface area contributed by atoms with Gasteiger partial charge < -0.3 is 0 Å². The van der Waals surface area contributed by atoms with Gasteiger partial charge >= 0.3 is 0 Å². The van der Waals surface area contributed by atoms with E-state index >= 15 is 0 Å².